The molecule has 0 spiro atoms. The van der Waals surface area contributed by atoms with Crippen LogP contribution >= 0.6 is 0 Å². The minimum Gasteiger partial charge on any atom is -0.309 e. The molecule has 4 heteroatoms. The molecule has 0 aliphatic rings. The molecule has 0 amide bonds. The Kier molecular flexibility index (Phi) is 6.55. The highest BCUT2D eigenvalue weighted by atomic mass is 15.0. The Labute approximate surface area is 363 Å². The SMILES string of the molecule is CC(C)(C)c1ccc2c(c1)c1cc(C(C)(C)C)cc3c4cc5c(nc4n2c13)c1cc2ccccc2c2c3cccc(-c4ccc6c(c4)c4ccccc4n6-c4ccccc4)c3n5c12. The van der Waals surface area contributed by atoms with E-state index in [1.54, 1.807) is 0 Å². The summed E-state index contributed by atoms with van der Waals surface area (Å²) in [5, 5.41) is 13.8. The van der Waals surface area contributed by atoms with Gasteiger partial charge >= 0.3 is 0 Å². The van der Waals surface area contributed by atoms with Crippen molar-refractivity contribution in [2.45, 2.75) is 52.4 Å². The number of para-hydroxylation sites is 3. The molecule has 0 saturated heterocycles. The summed E-state index contributed by atoms with van der Waals surface area (Å²) in [4.78, 5) is 5.83. The molecule has 300 valence electrons. The second-order valence-electron chi connectivity index (χ2n) is 20.0. The molecule has 0 aliphatic carbocycles. The number of pyridine rings is 1. The van der Waals surface area contributed by atoms with Crippen LogP contribution in [-0.2, 0) is 10.8 Å². The average Bonchev–Trinajstić information content (AvgIpc) is 4.07. The molecular formula is C59H44N4. The Morgan fingerprint density at radius 1 is 0.397 bits per heavy atom. The Hall–Kier alpha value is -7.43. The minimum absolute atomic E-state index is 0.0315. The molecule has 0 atom stereocenters. The predicted molar refractivity (Wildman–Crippen MR) is 268 cm³/mol. The number of aromatic nitrogens is 4. The van der Waals surface area contributed by atoms with Crippen molar-refractivity contribution in [3.05, 3.63) is 169 Å². The van der Waals surface area contributed by atoms with Crippen molar-refractivity contribution < 1.29 is 0 Å². The van der Waals surface area contributed by atoms with Gasteiger partial charge in [-0.25, -0.2) is 4.98 Å². The van der Waals surface area contributed by atoms with Crippen molar-refractivity contribution in [1.29, 1.82) is 0 Å². The Morgan fingerprint density at radius 3 is 1.87 bits per heavy atom. The van der Waals surface area contributed by atoms with Crippen LogP contribution in [0, 0.1) is 0 Å². The summed E-state index contributed by atoms with van der Waals surface area (Å²) in [6.45, 7) is 13.9. The second kappa shape index (κ2) is 11.7. The topological polar surface area (TPSA) is 26.6 Å². The maximum Gasteiger partial charge on any atom is 0.146 e. The fourth-order valence-corrected chi connectivity index (χ4v) is 11.3. The third-order valence-electron chi connectivity index (χ3n) is 14.3. The van der Waals surface area contributed by atoms with Crippen LogP contribution in [-0.4, -0.2) is 18.4 Å². The molecule has 14 rings (SSSR count). The first-order valence-electron chi connectivity index (χ1n) is 22.3. The highest BCUT2D eigenvalue weighted by Gasteiger charge is 2.28. The standard InChI is InChI=1S/C59H44N4/c1-58(2,3)35-24-26-50-43(29-35)44-30-36(59(4,5)6)31-45-46-32-51-53(60-57(46)63(50)55(44)45)47-28-33-15-10-11-18-38(33)52-41-21-14-20-39(54(41)62(51)56(47)52)34-23-25-49-42(27-34)40-19-12-13-22-48(40)61(49)37-16-8-7-9-17-37/h7-32H,1-6H3. The zero-order chi connectivity index (χ0) is 42.3. The van der Waals surface area contributed by atoms with E-state index < -0.39 is 0 Å². The lowest BCUT2D eigenvalue weighted by atomic mass is 9.84. The molecule has 14 aromatic rings. The highest BCUT2D eigenvalue weighted by molar-refractivity contribution is 6.33. The largest absolute Gasteiger partial charge is 0.309 e. The normalized spacial score (nSPS) is 13.2. The lowest BCUT2D eigenvalue weighted by molar-refractivity contribution is 0.590. The van der Waals surface area contributed by atoms with Crippen LogP contribution in [0.1, 0.15) is 52.7 Å². The van der Waals surface area contributed by atoms with Crippen LogP contribution in [0.15, 0.2) is 158 Å². The summed E-state index contributed by atoms with van der Waals surface area (Å²) < 4.78 is 7.43. The van der Waals surface area contributed by atoms with Crippen molar-refractivity contribution in [3.63, 3.8) is 0 Å². The van der Waals surface area contributed by atoms with Crippen LogP contribution in [0.3, 0.4) is 0 Å². The van der Waals surface area contributed by atoms with E-state index in [0.717, 1.165) is 16.7 Å². The first-order valence-corrected chi connectivity index (χ1v) is 22.3. The number of nitrogens with zero attached hydrogens (tertiary/aromatic N) is 4. The summed E-state index contributed by atoms with van der Waals surface area (Å²) >= 11 is 0. The maximum atomic E-state index is 5.83. The van der Waals surface area contributed by atoms with Crippen LogP contribution in [0.25, 0.3) is 126 Å². The lowest BCUT2D eigenvalue weighted by Gasteiger charge is -2.20. The van der Waals surface area contributed by atoms with Gasteiger partial charge in [0.25, 0.3) is 0 Å². The van der Waals surface area contributed by atoms with Gasteiger partial charge in [0.2, 0.25) is 0 Å². The van der Waals surface area contributed by atoms with Crippen LogP contribution in [0.5, 0.6) is 0 Å². The van der Waals surface area contributed by atoms with Gasteiger partial charge in [0.1, 0.15) is 5.65 Å². The molecule has 0 bridgehead atoms. The third kappa shape index (κ3) is 4.52. The molecule has 6 aromatic heterocycles. The van der Waals surface area contributed by atoms with E-state index in [-0.39, 0.29) is 10.8 Å². The number of benzene rings is 8. The Bertz CT molecular complexity index is 4260. The van der Waals surface area contributed by atoms with Gasteiger partial charge in [-0.2, -0.15) is 0 Å². The predicted octanol–water partition coefficient (Wildman–Crippen LogP) is 15.9. The first kappa shape index (κ1) is 35.2. The lowest BCUT2D eigenvalue weighted by Crippen LogP contribution is -2.11. The van der Waals surface area contributed by atoms with E-state index in [1.807, 2.05) is 0 Å². The monoisotopic (exact) mass is 808 g/mol. The number of hydrogen-bond donors (Lipinski definition) is 0. The number of hydrogen-bond acceptors (Lipinski definition) is 1. The first-order chi connectivity index (χ1) is 30.5. The van der Waals surface area contributed by atoms with Gasteiger partial charge < -0.3 is 8.97 Å². The smallest absolute Gasteiger partial charge is 0.146 e. The molecule has 0 saturated carbocycles. The molecule has 63 heavy (non-hydrogen) atoms. The highest BCUT2D eigenvalue weighted by Crippen LogP contribution is 2.49. The van der Waals surface area contributed by atoms with E-state index >= 15 is 0 Å². The summed E-state index contributed by atoms with van der Waals surface area (Å²) in [5.41, 5.74) is 16.9. The van der Waals surface area contributed by atoms with Crippen molar-refractivity contribution in [2.24, 2.45) is 0 Å². The molecule has 4 nitrogen and oxygen atoms in total. The zero-order valence-electron chi connectivity index (χ0n) is 36.3. The number of fused-ring (bicyclic) bond motifs is 17. The van der Waals surface area contributed by atoms with Crippen LogP contribution < -0.4 is 0 Å². The van der Waals surface area contributed by atoms with E-state index in [1.165, 1.54) is 120 Å². The molecule has 0 aliphatic heterocycles. The molecule has 6 heterocycles. The maximum absolute atomic E-state index is 5.83. The fourth-order valence-electron chi connectivity index (χ4n) is 11.3. The van der Waals surface area contributed by atoms with E-state index in [9.17, 15) is 0 Å². The van der Waals surface area contributed by atoms with Crippen molar-refractivity contribution in [3.8, 4) is 16.8 Å². The minimum atomic E-state index is -0.0315. The van der Waals surface area contributed by atoms with Gasteiger partial charge in [-0.1, -0.05) is 133 Å². The quantitative estimate of drug-likeness (QED) is 0.171. The van der Waals surface area contributed by atoms with E-state index in [0.29, 0.717) is 0 Å². The van der Waals surface area contributed by atoms with Gasteiger partial charge in [-0.15, -0.1) is 0 Å². The molecule has 0 unspecified atom stereocenters. The Balaban J connectivity index is 1.14. The van der Waals surface area contributed by atoms with Crippen LogP contribution in [0.4, 0.5) is 0 Å². The number of rotatable bonds is 2. The Morgan fingerprint density at radius 2 is 1.06 bits per heavy atom. The molecular weight excluding hydrogens is 765 g/mol. The second-order valence-corrected chi connectivity index (χ2v) is 20.0. The third-order valence-corrected chi connectivity index (χ3v) is 14.3. The molecule has 8 aromatic carbocycles. The summed E-state index contributed by atoms with van der Waals surface area (Å²) in [6, 6.07) is 59.3. The van der Waals surface area contributed by atoms with Gasteiger partial charge in [0.15, 0.2) is 0 Å². The van der Waals surface area contributed by atoms with E-state index in [4.69, 9.17) is 4.98 Å². The molecule has 0 N–H and O–H groups in total. The summed E-state index contributed by atoms with van der Waals surface area (Å²) in [5.74, 6) is 0. The summed E-state index contributed by atoms with van der Waals surface area (Å²) in [7, 11) is 0. The van der Waals surface area contributed by atoms with Gasteiger partial charge in [0, 0.05) is 59.7 Å². The molecule has 0 radical (unpaired) electrons. The van der Waals surface area contributed by atoms with E-state index in [2.05, 4.69) is 213 Å². The fraction of sp³-hybridized carbons (Fsp3) is 0.136. The van der Waals surface area contributed by atoms with Crippen LogP contribution in [0.2, 0.25) is 0 Å². The zero-order valence-corrected chi connectivity index (χ0v) is 36.3. The van der Waals surface area contributed by atoms with Crippen molar-refractivity contribution in [2.75, 3.05) is 0 Å². The summed E-state index contributed by atoms with van der Waals surface area (Å²) in [6.07, 6.45) is 0. The molecule has 0 fully saturated rings. The van der Waals surface area contributed by atoms with Gasteiger partial charge in [-0.05, 0) is 105 Å². The van der Waals surface area contributed by atoms with Crippen molar-refractivity contribution >= 4 is 109 Å². The van der Waals surface area contributed by atoms with Gasteiger partial charge in [-0.3, -0.25) is 4.40 Å². The van der Waals surface area contributed by atoms with Gasteiger partial charge in [0.05, 0.1) is 44.1 Å². The van der Waals surface area contributed by atoms with Crippen molar-refractivity contribution in [1.82, 2.24) is 18.4 Å². The average molecular weight is 809 g/mol.